The van der Waals surface area contributed by atoms with Gasteiger partial charge in [-0.3, -0.25) is 0 Å². The molecule has 3 aromatic carbocycles. The van der Waals surface area contributed by atoms with Gasteiger partial charge in [0.2, 0.25) is 0 Å². The molecule has 1 aliphatic rings. The second kappa shape index (κ2) is 11.2. The van der Waals surface area contributed by atoms with Gasteiger partial charge in [0.05, 0.1) is 6.04 Å². The zero-order chi connectivity index (χ0) is 30.2. The van der Waals surface area contributed by atoms with Crippen molar-refractivity contribution < 1.29 is 53.7 Å². The molecule has 1 aliphatic carbocycles. The van der Waals surface area contributed by atoms with Gasteiger partial charge >= 0.3 is 24.2 Å². The lowest BCUT2D eigenvalue weighted by Crippen LogP contribution is -2.50. The molecule has 1 unspecified atom stereocenters. The predicted octanol–water partition coefficient (Wildman–Crippen LogP) is 8.25. The van der Waals surface area contributed by atoms with Crippen LogP contribution in [0, 0.1) is 0 Å². The minimum atomic E-state index is -6.58. The SMILES string of the molecule is O[C@H](CNC(c1cccc(Oc2cccc(C3CC3)c2)c1)c1cccc(C(F)(F)C(F)(F)C(F)(F)F)c1)C(F)(F)F. The average Bonchev–Trinajstić information content (AvgIpc) is 3.74. The molecular weight excluding hydrogens is 572 g/mol. The quantitative estimate of drug-likeness (QED) is 0.232. The van der Waals surface area contributed by atoms with Crippen molar-refractivity contribution in [2.24, 2.45) is 0 Å². The lowest BCUT2D eigenvalue weighted by Gasteiger charge is -2.29. The Hall–Kier alpha value is -3.32. The molecule has 41 heavy (non-hydrogen) atoms. The number of aliphatic hydroxyl groups is 1. The van der Waals surface area contributed by atoms with Crippen molar-refractivity contribution in [1.82, 2.24) is 5.32 Å². The zero-order valence-electron chi connectivity index (χ0n) is 20.9. The second-order valence-electron chi connectivity index (χ2n) is 9.69. The normalized spacial score (nSPS) is 16.4. The van der Waals surface area contributed by atoms with E-state index in [1.807, 2.05) is 12.1 Å². The van der Waals surface area contributed by atoms with Gasteiger partial charge in [0.1, 0.15) is 11.5 Å². The number of alkyl halides is 10. The molecule has 222 valence electrons. The summed E-state index contributed by atoms with van der Waals surface area (Å²) in [5.74, 6) is -11.1. The average molecular weight is 595 g/mol. The standard InChI is InChI=1S/C28H23F10NO2/c29-25(30,27(34,35)28(36,37)38)20-7-1-5-18(12-20)24(39-15-23(40)26(31,32)33)19-6-3-9-22(14-19)41-21-8-2-4-17(13-21)16-10-11-16/h1-9,12-14,16,23-24,39-40H,10-11,15H2/t23-,24?/m1/s1. The first-order valence-electron chi connectivity index (χ1n) is 12.3. The molecule has 0 amide bonds. The Morgan fingerprint density at radius 3 is 1.90 bits per heavy atom. The van der Waals surface area contributed by atoms with Gasteiger partial charge in [-0.2, -0.15) is 43.9 Å². The van der Waals surface area contributed by atoms with E-state index in [1.165, 1.54) is 24.3 Å². The summed E-state index contributed by atoms with van der Waals surface area (Å²) >= 11 is 0. The molecule has 4 rings (SSSR count). The second-order valence-corrected chi connectivity index (χ2v) is 9.69. The summed E-state index contributed by atoms with van der Waals surface area (Å²) in [5.41, 5.74) is -0.918. The van der Waals surface area contributed by atoms with E-state index in [1.54, 1.807) is 12.1 Å². The summed E-state index contributed by atoms with van der Waals surface area (Å²) in [6.45, 7) is -1.15. The van der Waals surface area contributed by atoms with E-state index in [0.717, 1.165) is 30.5 Å². The van der Waals surface area contributed by atoms with Crippen molar-refractivity contribution in [3.05, 3.63) is 95.1 Å². The van der Waals surface area contributed by atoms with E-state index in [9.17, 15) is 49.0 Å². The van der Waals surface area contributed by atoms with E-state index in [0.29, 0.717) is 23.8 Å². The molecule has 2 atom stereocenters. The van der Waals surface area contributed by atoms with Crippen LogP contribution >= 0.6 is 0 Å². The van der Waals surface area contributed by atoms with Gasteiger partial charge in [0.15, 0.2) is 6.10 Å². The fraction of sp³-hybridized carbons (Fsp3) is 0.357. The van der Waals surface area contributed by atoms with Gasteiger partial charge in [0.25, 0.3) is 0 Å². The lowest BCUT2D eigenvalue weighted by molar-refractivity contribution is -0.359. The van der Waals surface area contributed by atoms with Crippen molar-refractivity contribution in [1.29, 1.82) is 0 Å². The third-order valence-corrected chi connectivity index (χ3v) is 6.56. The van der Waals surface area contributed by atoms with Gasteiger partial charge < -0.3 is 15.2 Å². The van der Waals surface area contributed by atoms with Crippen LogP contribution in [0.1, 0.15) is 47.1 Å². The first-order chi connectivity index (χ1) is 19.0. The lowest BCUT2D eigenvalue weighted by atomic mass is 9.93. The van der Waals surface area contributed by atoms with Crippen LogP contribution in [-0.2, 0) is 5.92 Å². The molecule has 0 radical (unpaired) electrons. The van der Waals surface area contributed by atoms with Crippen LogP contribution in [0.25, 0.3) is 0 Å². The summed E-state index contributed by atoms with van der Waals surface area (Å²) in [4.78, 5) is 0. The number of ether oxygens (including phenoxy) is 1. The van der Waals surface area contributed by atoms with E-state index in [2.05, 4.69) is 5.32 Å². The molecule has 3 aromatic rings. The molecule has 13 heteroatoms. The van der Waals surface area contributed by atoms with Crippen molar-refractivity contribution >= 4 is 0 Å². The van der Waals surface area contributed by atoms with E-state index < -0.39 is 48.5 Å². The number of nitrogens with one attached hydrogen (secondary N) is 1. The van der Waals surface area contributed by atoms with Crippen molar-refractivity contribution in [3.8, 4) is 11.5 Å². The molecule has 0 saturated heterocycles. The molecule has 0 spiro atoms. The van der Waals surface area contributed by atoms with Crippen molar-refractivity contribution in [2.45, 2.75) is 55.1 Å². The maximum absolute atomic E-state index is 14.4. The van der Waals surface area contributed by atoms with Gasteiger partial charge in [-0.05, 0) is 65.8 Å². The highest BCUT2D eigenvalue weighted by atomic mass is 19.4. The summed E-state index contributed by atoms with van der Waals surface area (Å²) in [7, 11) is 0. The molecule has 3 nitrogen and oxygen atoms in total. The predicted molar refractivity (Wildman–Crippen MR) is 128 cm³/mol. The Bertz CT molecular complexity index is 1350. The number of benzene rings is 3. The van der Waals surface area contributed by atoms with Crippen molar-refractivity contribution in [3.63, 3.8) is 0 Å². The topological polar surface area (TPSA) is 41.5 Å². The van der Waals surface area contributed by atoms with E-state index >= 15 is 0 Å². The molecule has 1 saturated carbocycles. The van der Waals surface area contributed by atoms with Crippen LogP contribution in [0.4, 0.5) is 43.9 Å². The number of halogens is 10. The molecule has 1 fully saturated rings. The molecule has 0 aromatic heterocycles. The van der Waals surface area contributed by atoms with Gasteiger partial charge in [-0.15, -0.1) is 0 Å². The Labute approximate surface area is 227 Å². The Morgan fingerprint density at radius 2 is 1.32 bits per heavy atom. The van der Waals surface area contributed by atoms with Crippen LogP contribution in [0.3, 0.4) is 0 Å². The molecule has 0 aliphatic heterocycles. The molecule has 0 heterocycles. The van der Waals surface area contributed by atoms with Gasteiger partial charge in [0, 0.05) is 12.1 Å². The molecule has 2 N–H and O–H groups in total. The van der Waals surface area contributed by atoms with Crippen LogP contribution < -0.4 is 10.1 Å². The largest absolute Gasteiger partial charge is 0.460 e. The number of hydrogen-bond donors (Lipinski definition) is 2. The van der Waals surface area contributed by atoms with E-state index in [-0.39, 0.29) is 16.9 Å². The Balaban J connectivity index is 1.69. The third kappa shape index (κ3) is 6.78. The van der Waals surface area contributed by atoms with Gasteiger partial charge in [-0.25, -0.2) is 0 Å². The highest BCUT2D eigenvalue weighted by molar-refractivity contribution is 5.42. The number of hydrogen-bond acceptors (Lipinski definition) is 3. The highest BCUT2D eigenvalue weighted by Crippen LogP contribution is 2.52. The van der Waals surface area contributed by atoms with Crippen LogP contribution in [-0.4, -0.2) is 36.0 Å². The number of aliphatic hydroxyl groups excluding tert-OH is 1. The summed E-state index contributed by atoms with van der Waals surface area (Å²) < 4.78 is 139. The van der Waals surface area contributed by atoms with Crippen LogP contribution in [0.5, 0.6) is 11.5 Å². The van der Waals surface area contributed by atoms with Gasteiger partial charge in [-0.1, -0.05) is 42.5 Å². The number of rotatable bonds is 10. The Morgan fingerprint density at radius 1 is 0.756 bits per heavy atom. The third-order valence-electron chi connectivity index (χ3n) is 6.56. The summed E-state index contributed by atoms with van der Waals surface area (Å²) in [6.07, 6.45) is -12.5. The zero-order valence-corrected chi connectivity index (χ0v) is 20.9. The maximum atomic E-state index is 14.4. The summed E-state index contributed by atoms with van der Waals surface area (Å²) in [6, 6.07) is 13.9. The fourth-order valence-electron chi connectivity index (χ4n) is 4.19. The molecule has 0 bridgehead atoms. The monoisotopic (exact) mass is 595 g/mol. The maximum Gasteiger partial charge on any atom is 0.460 e. The Kier molecular flexibility index (Phi) is 8.34. The minimum absolute atomic E-state index is 0.0956. The smallest absolute Gasteiger partial charge is 0.457 e. The fourth-order valence-corrected chi connectivity index (χ4v) is 4.19. The first kappa shape index (κ1) is 30.6. The first-order valence-corrected chi connectivity index (χ1v) is 12.3. The highest BCUT2D eigenvalue weighted by Gasteiger charge is 2.73. The van der Waals surface area contributed by atoms with Crippen LogP contribution in [0.15, 0.2) is 72.8 Å². The van der Waals surface area contributed by atoms with Crippen LogP contribution in [0.2, 0.25) is 0 Å². The molecular formula is C28H23F10NO2. The van der Waals surface area contributed by atoms with E-state index in [4.69, 9.17) is 4.74 Å². The minimum Gasteiger partial charge on any atom is -0.457 e. The van der Waals surface area contributed by atoms with Crippen molar-refractivity contribution in [2.75, 3.05) is 6.54 Å². The summed E-state index contributed by atoms with van der Waals surface area (Å²) in [5, 5.41) is 11.8.